The monoisotopic (exact) mass is 1440 g/mol. The first-order valence-electron chi connectivity index (χ1n) is 35.2. The van der Waals surface area contributed by atoms with E-state index in [-0.39, 0.29) is 120 Å². The molecule has 0 bridgehead atoms. The largest absolute Gasteiger partial charge is 0.396 e. The van der Waals surface area contributed by atoms with Gasteiger partial charge in [0.15, 0.2) is 18.9 Å². The lowest BCUT2D eigenvalue weighted by atomic mass is 9.97. The second kappa shape index (κ2) is 50.8. The van der Waals surface area contributed by atoms with Gasteiger partial charge in [-0.25, -0.2) is 0 Å². The molecule has 0 aromatic heterocycles. The highest BCUT2D eigenvalue weighted by Gasteiger charge is 2.48. The number of carbonyl (C=O) groups is 9. The van der Waals surface area contributed by atoms with E-state index >= 15 is 0 Å². The van der Waals surface area contributed by atoms with Crippen molar-refractivity contribution in [2.75, 3.05) is 86.1 Å². The number of amides is 9. The van der Waals surface area contributed by atoms with Gasteiger partial charge in [0, 0.05) is 125 Å². The molecule has 35 nitrogen and oxygen atoms in total. The summed E-state index contributed by atoms with van der Waals surface area (Å²) in [7, 11) is 1.55. The van der Waals surface area contributed by atoms with Crippen LogP contribution in [0.3, 0.4) is 0 Å². The molecule has 3 aliphatic rings. The van der Waals surface area contributed by atoms with Gasteiger partial charge in [0.05, 0.1) is 26.4 Å². The first-order chi connectivity index (χ1) is 47.9. The van der Waals surface area contributed by atoms with Crippen LogP contribution in [0.4, 0.5) is 0 Å². The zero-order chi connectivity index (χ0) is 73.9. The lowest BCUT2D eigenvalue weighted by Gasteiger charge is -2.42. The van der Waals surface area contributed by atoms with Crippen molar-refractivity contribution in [3.05, 3.63) is 0 Å². The zero-order valence-corrected chi connectivity index (χ0v) is 58.4. The second-order valence-electron chi connectivity index (χ2n) is 25.6. The summed E-state index contributed by atoms with van der Waals surface area (Å²) in [5, 5.41) is 126. The summed E-state index contributed by atoms with van der Waals surface area (Å²) >= 11 is 0. The molecule has 7 unspecified atom stereocenters. The number of aliphatic hydroxyl groups is 10. The van der Waals surface area contributed by atoms with Crippen LogP contribution in [0.25, 0.3) is 0 Å². The third-order valence-corrected chi connectivity index (χ3v) is 17.2. The maximum Gasteiger partial charge on any atom is 0.242 e. The van der Waals surface area contributed by atoms with Gasteiger partial charge in [0.25, 0.3) is 0 Å². The lowest BCUT2D eigenvalue weighted by molar-refractivity contribution is -0.270. The number of carbonyl (C=O) groups excluding carboxylic acids is 9. The number of methoxy groups -OCH3 is 1. The minimum absolute atomic E-state index is 0.0257. The Morgan fingerprint density at radius 1 is 0.390 bits per heavy atom. The smallest absolute Gasteiger partial charge is 0.242 e. The molecule has 3 heterocycles. The van der Waals surface area contributed by atoms with Crippen LogP contribution in [0.15, 0.2) is 0 Å². The third kappa shape index (κ3) is 34.7. The summed E-state index contributed by atoms with van der Waals surface area (Å²) in [5.41, 5.74) is 0. The van der Waals surface area contributed by atoms with Gasteiger partial charge >= 0.3 is 0 Å². The predicted molar refractivity (Wildman–Crippen MR) is 354 cm³/mol. The maximum atomic E-state index is 13.8. The predicted octanol–water partition coefficient (Wildman–Crippen LogP) is -4.86. The molecule has 18 atom stereocenters. The molecule has 35 heteroatoms. The third-order valence-electron chi connectivity index (χ3n) is 17.2. The van der Waals surface area contributed by atoms with Gasteiger partial charge in [0.2, 0.25) is 53.2 Å². The van der Waals surface area contributed by atoms with Gasteiger partial charge in [-0.2, -0.15) is 0 Å². The van der Waals surface area contributed by atoms with Gasteiger partial charge in [-0.1, -0.05) is 6.42 Å². The van der Waals surface area contributed by atoms with Crippen LogP contribution in [-0.2, 0) is 76.3 Å². The van der Waals surface area contributed by atoms with E-state index in [1.165, 1.54) is 20.8 Å². The molecule has 0 aromatic rings. The van der Waals surface area contributed by atoms with Crippen molar-refractivity contribution in [3.63, 3.8) is 0 Å². The molecule has 100 heavy (non-hydrogen) atoms. The fraction of sp³-hybridized carbons (Fsp3) is 0.862. The average molecular weight is 1440 g/mol. The Kier molecular flexibility index (Phi) is 45.1. The Labute approximate surface area is 584 Å². The summed E-state index contributed by atoms with van der Waals surface area (Å²) < 4.78 is 39.1. The fourth-order valence-corrected chi connectivity index (χ4v) is 11.6. The van der Waals surface area contributed by atoms with E-state index in [4.69, 9.17) is 33.2 Å². The van der Waals surface area contributed by atoms with Crippen LogP contribution in [0.5, 0.6) is 0 Å². The van der Waals surface area contributed by atoms with Crippen molar-refractivity contribution in [2.45, 2.75) is 266 Å². The number of rotatable bonds is 52. The summed E-state index contributed by atoms with van der Waals surface area (Å²) in [5.74, 6) is -3.50. The van der Waals surface area contributed by atoms with Crippen molar-refractivity contribution in [2.24, 2.45) is 5.92 Å². The number of unbranched alkanes of at least 4 members (excludes halogenated alkanes) is 6. The number of nitrogens with one attached hydrogen (secondary N) is 9. The van der Waals surface area contributed by atoms with E-state index in [0.717, 1.165) is 0 Å². The Bertz CT molecular complexity index is 2390. The molecule has 3 rings (SSSR count). The molecule has 3 fully saturated rings. The van der Waals surface area contributed by atoms with Crippen LogP contribution >= 0.6 is 0 Å². The highest BCUT2D eigenvalue weighted by atomic mass is 16.7. The van der Waals surface area contributed by atoms with Gasteiger partial charge in [-0.3, -0.25) is 43.2 Å². The molecular weight excluding hydrogens is 1320 g/mol. The van der Waals surface area contributed by atoms with Gasteiger partial charge in [-0.15, -0.1) is 0 Å². The van der Waals surface area contributed by atoms with Crippen molar-refractivity contribution in [3.8, 4) is 0 Å². The van der Waals surface area contributed by atoms with E-state index in [9.17, 15) is 94.2 Å². The quantitative estimate of drug-likeness (QED) is 0.0254. The second-order valence-corrected chi connectivity index (χ2v) is 25.6. The highest BCUT2D eigenvalue weighted by Crippen LogP contribution is 2.26. The van der Waals surface area contributed by atoms with Crippen LogP contribution in [0.1, 0.15) is 162 Å². The Morgan fingerprint density at radius 2 is 0.750 bits per heavy atom. The normalized spacial score (nSPS) is 26.0. The molecule has 0 radical (unpaired) electrons. The summed E-state index contributed by atoms with van der Waals surface area (Å²) in [4.78, 5) is 115. The van der Waals surface area contributed by atoms with Crippen LogP contribution < -0.4 is 47.9 Å². The summed E-state index contributed by atoms with van der Waals surface area (Å²) in [6, 6.07) is -4.77. The Balaban J connectivity index is 1.56. The van der Waals surface area contributed by atoms with Gasteiger partial charge < -0.3 is 132 Å². The fourth-order valence-electron chi connectivity index (χ4n) is 11.6. The molecule has 3 aliphatic heterocycles. The number of hydrogen-bond donors (Lipinski definition) is 19. The van der Waals surface area contributed by atoms with Gasteiger partial charge in [0.1, 0.15) is 79.1 Å². The van der Waals surface area contributed by atoms with E-state index in [1.807, 2.05) is 0 Å². The van der Waals surface area contributed by atoms with Crippen molar-refractivity contribution >= 4 is 53.2 Å². The molecule has 0 aromatic carbocycles. The molecule has 9 amide bonds. The molecule has 0 aliphatic carbocycles. The van der Waals surface area contributed by atoms with E-state index in [0.29, 0.717) is 110 Å². The van der Waals surface area contributed by atoms with Crippen molar-refractivity contribution in [1.82, 2.24) is 47.9 Å². The molecule has 0 saturated carbocycles. The molecule has 3 saturated heterocycles. The van der Waals surface area contributed by atoms with Crippen LogP contribution in [0.2, 0.25) is 0 Å². The van der Waals surface area contributed by atoms with Crippen molar-refractivity contribution < 1.29 is 127 Å². The topological polar surface area (TPSA) is 529 Å². The standard InChI is InChI=1S/C65H117N9O26/c1-39(79)70-53-59(90)56(87)45(35-76)98-63(53)95-31-14-8-21-48(82)66-27-12-6-19-43(73-51(85)24-17-30-68-50(84)23-10-16-33-97-65-55(72-41(3)81)61(92)58(89)47(37-78)100-65)25-26-52(86)74-44(62(93)69-29-11-5-18-42(34-75)38-94-4)20-7-13-28-67-49(83)22-9-15-32-96-64-54(71-40(2)80)60(91)57(88)46(36-77)99-64/h42-47,53-61,63-65,75-78,87-92H,5-38H2,1-4H3,(H,66,82)(H,67,83)(H,68,84)(H,69,93)(H,70,79)(H,71,80)(H,72,81)(H,73,85)(H,74,86)/t42?,43-,44-,45?,46?,47?,53?,54?,55?,56+,57+,58+,59-,60-,61-,63-,64-,65-/m1/s1. The number of aliphatic hydroxyl groups excluding tert-OH is 10. The first kappa shape index (κ1) is 88.8. The van der Waals surface area contributed by atoms with Crippen LogP contribution in [0, 0.1) is 5.92 Å². The van der Waals surface area contributed by atoms with E-state index < -0.39 is 153 Å². The Hall–Kier alpha value is -5.45. The molecule has 0 spiro atoms. The van der Waals surface area contributed by atoms with Crippen molar-refractivity contribution in [1.29, 1.82) is 0 Å². The summed E-state index contributed by atoms with van der Waals surface area (Å²) in [6.45, 7) is 3.50. The summed E-state index contributed by atoms with van der Waals surface area (Å²) in [6.07, 6.45) is -8.02. The minimum atomic E-state index is -1.47. The SMILES string of the molecule is COCC(CO)CCCCNC(=O)[C@@H](CCCCNC(=O)CCCCO[C@@H]1OC(CO)[C@H](O)[C@H](O)C1NC(C)=O)NC(=O)CC[C@@H](CCCCNC(=O)CCCCO[C@@H]1OC(CO)[C@H](O)[C@H](O)C1NC(C)=O)NC(=O)CCCNC(=O)CCCCO[C@@H]1OC(CO)[C@H](O)[C@H](O)C1NC(C)=O. The zero-order valence-electron chi connectivity index (χ0n) is 58.4. The molecular formula is C65H117N9O26. The lowest BCUT2D eigenvalue weighted by Crippen LogP contribution is -2.64. The molecule has 578 valence electrons. The number of ether oxygens (including phenoxy) is 7. The maximum absolute atomic E-state index is 13.8. The average Bonchev–Trinajstić information content (AvgIpc) is 0.824. The number of hydrogen-bond acceptors (Lipinski definition) is 26. The van der Waals surface area contributed by atoms with Crippen LogP contribution in [-0.4, -0.2) is 294 Å². The Morgan fingerprint density at radius 3 is 1.13 bits per heavy atom. The molecule has 19 N–H and O–H groups in total. The van der Waals surface area contributed by atoms with E-state index in [2.05, 4.69) is 47.9 Å². The van der Waals surface area contributed by atoms with Gasteiger partial charge in [-0.05, 0) is 103 Å². The first-order valence-corrected chi connectivity index (χ1v) is 35.2. The van der Waals surface area contributed by atoms with E-state index in [1.54, 1.807) is 7.11 Å². The minimum Gasteiger partial charge on any atom is -0.396 e. The highest BCUT2D eigenvalue weighted by molar-refractivity contribution is 5.87.